The average Bonchev–Trinajstić information content (AvgIpc) is 2.52. The van der Waals surface area contributed by atoms with Gasteiger partial charge in [0.15, 0.2) is 9.84 Å². The molecule has 0 aliphatic carbocycles. The molecule has 2 rings (SSSR count). The van der Waals surface area contributed by atoms with E-state index in [9.17, 15) is 13.2 Å². The molecule has 1 amide bonds. The van der Waals surface area contributed by atoms with Crippen molar-refractivity contribution in [1.82, 2.24) is 4.90 Å². The van der Waals surface area contributed by atoms with E-state index >= 15 is 0 Å². The lowest BCUT2D eigenvalue weighted by Gasteiger charge is -2.31. The van der Waals surface area contributed by atoms with Crippen LogP contribution in [-0.2, 0) is 14.6 Å². The molecule has 1 fully saturated rings. The van der Waals surface area contributed by atoms with E-state index in [0.717, 1.165) is 5.56 Å². The van der Waals surface area contributed by atoms with Gasteiger partial charge in [-0.2, -0.15) is 0 Å². The minimum Gasteiger partial charge on any atom is -0.339 e. The fraction of sp³-hybridized carbons (Fsp3) is 0.500. The Morgan fingerprint density at radius 2 is 1.83 bits per heavy atom. The Balaban J connectivity index is 1.89. The van der Waals surface area contributed by atoms with Gasteiger partial charge < -0.3 is 4.90 Å². The molecule has 5 heteroatoms. The van der Waals surface area contributed by atoms with Crippen LogP contribution in [0.15, 0.2) is 36.4 Å². The van der Waals surface area contributed by atoms with Gasteiger partial charge in [0.05, 0.1) is 11.0 Å². The van der Waals surface area contributed by atoms with Crippen LogP contribution < -0.4 is 0 Å². The molecule has 1 aliphatic rings. The van der Waals surface area contributed by atoms with Crippen LogP contribution in [0.25, 0.3) is 6.08 Å². The number of likely N-dealkylation sites (tertiary alicyclic amines) is 1. The summed E-state index contributed by atoms with van der Waals surface area (Å²) in [4.78, 5) is 13.9. The molecule has 1 aromatic rings. The molecular formula is C18H25NO3S. The topological polar surface area (TPSA) is 54.5 Å². The summed E-state index contributed by atoms with van der Waals surface area (Å²) in [5.41, 5.74) is 0.982. The highest BCUT2D eigenvalue weighted by Crippen LogP contribution is 2.20. The molecule has 1 aliphatic heterocycles. The Morgan fingerprint density at radius 1 is 1.22 bits per heavy atom. The average molecular weight is 335 g/mol. The number of amides is 1. The maximum absolute atomic E-state index is 12.3. The highest BCUT2D eigenvalue weighted by atomic mass is 32.2. The van der Waals surface area contributed by atoms with Crippen molar-refractivity contribution >= 4 is 21.8 Å². The highest BCUT2D eigenvalue weighted by molar-refractivity contribution is 7.92. The monoisotopic (exact) mass is 335 g/mol. The maximum atomic E-state index is 12.3. The summed E-state index contributed by atoms with van der Waals surface area (Å²) in [5.74, 6) is 0.335. The first-order valence-corrected chi connectivity index (χ1v) is 9.83. The van der Waals surface area contributed by atoms with Crippen LogP contribution in [0.3, 0.4) is 0 Å². The van der Waals surface area contributed by atoms with E-state index in [4.69, 9.17) is 0 Å². The number of hydrogen-bond donors (Lipinski definition) is 0. The van der Waals surface area contributed by atoms with Crippen LogP contribution >= 0.6 is 0 Å². The summed E-state index contributed by atoms with van der Waals surface area (Å²) < 4.78 is 24.5. The highest BCUT2D eigenvalue weighted by Gasteiger charge is 2.31. The molecule has 4 nitrogen and oxygen atoms in total. The molecule has 0 atom stereocenters. The van der Waals surface area contributed by atoms with E-state index in [-0.39, 0.29) is 22.8 Å². The third kappa shape index (κ3) is 5.20. The number of sulfone groups is 1. The first-order chi connectivity index (χ1) is 10.9. The summed E-state index contributed by atoms with van der Waals surface area (Å²) >= 11 is 0. The lowest BCUT2D eigenvalue weighted by atomic mass is 10.1. The molecular weight excluding hydrogens is 310 g/mol. The Hall–Kier alpha value is -1.62. The number of rotatable bonds is 5. The molecule has 126 valence electrons. The van der Waals surface area contributed by atoms with Crippen LogP contribution in [0.1, 0.15) is 32.3 Å². The molecule has 0 saturated carbocycles. The van der Waals surface area contributed by atoms with Crippen molar-refractivity contribution in [2.75, 3.05) is 18.8 Å². The first-order valence-electron chi connectivity index (χ1n) is 8.12. The molecule has 0 aromatic heterocycles. The SMILES string of the molecule is CC(C)CS(=O)(=O)C1CCN(C(=O)/C=C/c2ccccc2)CC1. The zero-order chi connectivity index (χ0) is 16.9. The predicted octanol–water partition coefficient (Wildman–Crippen LogP) is 2.76. The van der Waals surface area contributed by atoms with Crippen molar-refractivity contribution < 1.29 is 13.2 Å². The number of benzene rings is 1. The Kier molecular flexibility index (Phi) is 5.99. The lowest BCUT2D eigenvalue weighted by Crippen LogP contribution is -2.42. The molecule has 0 radical (unpaired) electrons. The summed E-state index contributed by atoms with van der Waals surface area (Å²) in [6.07, 6.45) is 4.45. The van der Waals surface area contributed by atoms with E-state index in [0.29, 0.717) is 25.9 Å². The van der Waals surface area contributed by atoms with Crippen molar-refractivity contribution in [2.24, 2.45) is 5.92 Å². The third-order valence-electron chi connectivity index (χ3n) is 4.05. The second-order valence-electron chi connectivity index (χ2n) is 6.49. The van der Waals surface area contributed by atoms with E-state index in [1.165, 1.54) is 0 Å². The van der Waals surface area contributed by atoms with Gasteiger partial charge >= 0.3 is 0 Å². The van der Waals surface area contributed by atoms with E-state index in [1.54, 1.807) is 17.1 Å². The second-order valence-corrected chi connectivity index (χ2v) is 8.82. The van der Waals surface area contributed by atoms with Gasteiger partial charge in [-0.15, -0.1) is 0 Å². The van der Waals surface area contributed by atoms with Gasteiger partial charge in [-0.25, -0.2) is 8.42 Å². The molecule has 0 unspecified atom stereocenters. The fourth-order valence-electron chi connectivity index (χ4n) is 2.87. The Morgan fingerprint density at radius 3 is 2.39 bits per heavy atom. The molecule has 1 saturated heterocycles. The van der Waals surface area contributed by atoms with Gasteiger partial charge in [0.1, 0.15) is 0 Å². The molecule has 0 bridgehead atoms. The van der Waals surface area contributed by atoms with Crippen LogP contribution in [0.5, 0.6) is 0 Å². The van der Waals surface area contributed by atoms with E-state index in [1.807, 2.05) is 44.2 Å². The number of piperidine rings is 1. The first kappa shape index (κ1) is 17.7. The van der Waals surface area contributed by atoms with Gasteiger partial charge in [-0.05, 0) is 30.4 Å². The quantitative estimate of drug-likeness (QED) is 0.778. The van der Waals surface area contributed by atoms with Gasteiger partial charge in [-0.1, -0.05) is 44.2 Å². The van der Waals surface area contributed by atoms with Crippen LogP contribution in [0, 0.1) is 5.92 Å². The van der Waals surface area contributed by atoms with Gasteiger partial charge in [0.25, 0.3) is 0 Å². The van der Waals surface area contributed by atoms with Crippen molar-refractivity contribution in [2.45, 2.75) is 31.9 Å². The summed E-state index contributed by atoms with van der Waals surface area (Å²) in [6, 6.07) is 9.66. The smallest absolute Gasteiger partial charge is 0.246 e. The largest absolute Gasteiger partial charge is 0.339 e. The van der Waals surface area contributed by atoms with Crippen molar-refractivity contribution in [3.63, 3.8) is 0 Å². The van der Waals surface area contributed by atoms with Gasteiger partial charge in [0, 0.05) is 19.2 Å². The Labute approximate surface area is 139 Å². The molecule has 0 N–H and O–H groups in total. The number of carbonyl (C=O) groups excluding carboxylic acids is 1. The fourth-order valence-corrected chi connectivity index (χ4v) is 5.00. The zero-order valence-corrected chi connectivity index (χ0v) is 14.6. The number of carbonyl (C=O) groups is 1. The number of nitrogens with zero attached hydrogens (tertiary/aromatic N) is 1. The molecule has 23 heavy (non-hydrogen) atoms. The van der Waals surface area contributed by atoms with E-state index in [2.05, 4.69) is 0 Å². The standard InChI is InChI=1S/C18H25NO3S/c1-15(2)14-23(21,22)17-10-12-19(13-11-17)18(20)9-8-16-6-4-3-5-7-16/h3-9,15,17H,10-14H2,1-2H3/b9-8+. The minimum absolute atomic E-state index is 0.0476. The predicted molar refractivity (Wildman–Crippen MR) is 93.7 cm³/mol. The van der Waals surface area contributed by atoms with Gasteiger partial charge in [0.2, 0.25) is 5.91 Å². The normalized spacial score (nSPS) is 17.1. The van der Waals surface area contributed by atoms with Crippen LogP contribution in [0.2, 0.25) is 0 Å². The third-order valence-corrected chi connectivity index (χ3v) is 6.66. The second kappa shape index (κ2) is 7.77. The summed E-state index contributed by atoms with van der Waals surface area (Å²) in [5, 5.41) is -0.299. The molecule has 1 heterocycles. The Bertz CT molecular complexity index is 642. The summed E-state index contributed by atoms with van der Waals surface area (Å²) in [7, 11) is -3.04. The summed E-state index contributed by atoms with van der Waals surface area (Å²) in [6.45, 7) is 4.87. The van der Waals surface area contributed by atoms with Crippen LogP contribution in [0.4, 0.5) is 0 Å². The number of hydrogen-bond acceptors (Lipinski definition) is 3. The lowest BCUT2D eigenvalue weighted by molar-refractivity contribution is -0.126. The zero-order valence-electron chi connectivity index (χ0n) is 13.8. The maximum Gasteiger partial charge on any atom is 0.246 e. The van der Waals surface area contributed by atoms with Gasteiger partial charge in [-0.3, -0.25) is 4.79 Å². The van der Waals surface area contributed by atoms with Crippen LogP contribution in [-0.4, -0.2) is 43.3 Å². The van der Waals surface area contributed by atoms with Crippen molar-refractivity contribution in [3.05, 3.63) is 42.0 Å². The minimum atomic E-state index is -3.04. The van der Waals surface area contributed by atoms with E-state index < -0.39 is 9.84 Å². The van der Waals surface area contributed by atoms with Crippen molar-refractivity contribution in [1.29, 1.82) is 0 Å². The van der Waals surface area contributed by atoms with Crippen molar-refractivity contribution in [3.8, 4) is 0 Å². The molecule has 0 spiro atoms. The molecule has 1 aromatic carbocycles.